The Morgan fingerprint density at radius 2 is 2.20 bits per heavy atom. The lowest BCUT2D eigenvalue weighted by molar-refractivity contribution is -0.121. The number of rotatable bonds is 2. The molecule has 0 bridgehead atoms. The third kappa shape index (κ3) is 3.13. The van der Waals surface area contributed by atoms with Gasteiger partial charge in [0.15, 0.2) is 0 Å². The molecule has 0 aromatic carbocycles. The smallest absolute Gasteiger partial charge is 0.323 e. The summed E-state index contributed by atoms with van der Waals surface area (Å²) in [6.45, 7) is -0.861. The summed E-state index contributed by atoms with van der Waals surface area (Å²) in [6, 6.07) is 0.695. The molecule has 2 heterocycles. The van der Waals surface area contributed by atoms with E-state index in [-0.39, 0.29) is 5.82 Å². The number of halogens is 3. The maximum absolute atomic E-state index is 13.3. The van der Waals surface area contributed by atoms with E-state index in [0.717, 1.165) is 0 Å². The maximum Gasteiger partial charge on any atom is 0.323 e. The molecule has 1 fully saturated rings. The van der Waals surface area contributed by atoms with Crippen molar-refractivity contribution in [3.8, 4) is 0 Å². The van der Waals surface area contributed by atoms with Crippen LogP contribution in [0, 0.1) is 0 Å². The van der Waals surface area contributed by atoms with Crippen molar-refractivity contribution in [3.05, 3.63) is 23.4 Å². The topological polar surface area (TPSA) is 88.3 Å². The fourth-order valence-corrected chi connectivity index (χ4v) is 2.03. The van der Waals surface area contributed by atoms with Gasteiger partial charge in [-0.2, -0.15) is 0 Å². The number of aromatic nitrogens is 1. The lowest BCUT2D eigenvalue weighted by Crippen LogP contribution is -2.45. The van der Waals surface area contributed by atoms with Crippen LogP contribution in [0.1, 0.15) is 6.42 Å². The molecule has 1 saturated heterocycles. The first-order valence-corrected chi connectivity index (χ1v) is 6.03. The summed E-state index contributed by atoms with van der Waals surface area (Å²) >= 11 is 5.63. The van der Waals surface area contributed by atoms with Gasteiger partial charge in [-0.1, -0.05) is 11.6 Å². The van der Waals surface area contributed by atoms with Gasteiger partial charge in [0, 0.05) is 12.6 Å². The number of pyridine rings is 1. The van der Waals surface area contributed by atoms with Crippen molar-refractivity contribution in [2.75, 3.05) is 11.9 Å². The van der Waals surface area contributed by atoms with Crippen molar-refractivity contribution in [2.45, 2.75) is 18.4 Å². The minimum atomic E-state index is -3.13. The fourth-order valence-electron chi connectivity index (χ4n) is 1.92. The highest BCUT2D eigenvalue weighted by Gasteiger charge is 2.49. The molecule has 2 rings (SSSR count). The molecule has 108 valence electrons. The Kier molecular flexibility index (Phi) is 3.76. The quantitative estimate of drug-likeness (QED) is 0.867. The molecule has 20 heavy (non-hydrogen) atoms. The van der Waals surface area contributed by atoms with Crippen LogP contribution in [-0.2, 0) is 4.79 Å². The third-order valence-electron chi connectivity index (χ3n) is 2.82. The predicted molar refractivity (Wildman–Crippen MR) is 67.5 cm³/mol. The first-order valence-electron chi connectivity index (χ1n) is 5.65. The summed E-state index contributed by atoms with van der Waals surface area (Å²) in [5.74, 6) is -3.97. The number of likely N-dealkylation sites (tertiary alicyclic amines) is 1. The van der Waals surface area contributed by atoms with Crippen LogP contribution in [0.2, 0.25) is 5.02 Å². The number of nitrogens with two attached hydrogens (primary N) is 1. The number of anilines is 1. The van der Waals surface area contributed by atoms with Gasteiger partial charge >= 0.3 is 6.03 Å². The van der Waals surface area contributed by atoms with Gasteiger partial charge in [-0.3, -0.25) is 10.1 Å². The number of carbonyl (C=O) groups excluding carboxylic acids is 2. The lowest BCUT2D eigenvalue weighted by Gasteiger charge is -2.21. The first-order chi connectivity index (χ1) is 9.28. The van der Waals surface area contributed by atoms with E-state index < -0.39 is 36.9 Å². The van der Waals surface area contributed by atoms with Gasteiger partial charge in [0.1, 0.15) is 11.9 Å². The minimum absolute atomic E-state index is 0.137. The van der Waals surface area contributed by atoms with Crippen molar-refractivity contribution >= 4 is 29.4 Å². The Morgan fingerprint density at radius 3 is 2.75 bits per heavy atom. The number of hydrogen-bond donors (Lipinski definition) is 2. The van der Waals surface area contributed by atoms with Gasteiger partial charge < -0.3 is 10.6 Å². The average Bonchev–Trinajstić information content (AvgIpc) is 2.69. The van der Waals surface area contributed by atoms with E-state index in [9.17, 15) is 18.4 Å². The van der Waals surface area contributed by atoms with E-state index in [1.54, 1.807) is 0 Å². The summed E-state index contributed by atoms with van der Waals surface area (Å²) in [6.07, 6.45) is 0.519. The van der Waals surface area contributed by atoms with E-state index in [1.165, 1.54) is 18.3 Å². The molecule has 1 aliphatic heterocycles. The molecule has 6 nitrogen and oxygen atoms in total. The standard InChI is InChI=1S/C11H11ClF2N4O2/c12-6-1-2-8(16-4-6)17-10(20)18-5-11(13,14)3-7(18)9(15)19/h1-2,4,7H,3,5H2,(H2,15,19)(H,16,17,20). The molecule has 1 atom stereocenters. The second kappa shape index (κ2) is 5.20. The van der Waals surface area contributed by atoms with Crippen LogP contribution in [0.4, 0.5) is 19.4 Å². The first kappa shape index (κ1) is 14.4. The molecule has 3 amide bonds. The van der Waals surface area contributed by atoms with Gasteiger partial charge in [0.05, 0.1) is 11.6 Å². The normalized spacial score (nSPS) is 20.8. The van der Waals surface area contributed by atoms with Crippen molar-refractivity contribution in [1.29, 1.82) is 0 Å². The van der Waals surface area contributed by atoms with Crippen LogP contribution < -0.4 is 11.1 Å². The summed E-state index contributed by atoms with van der Waals surface area (Å²) in [5, 5.41) is 2.68. The van der Waals surface area contributed by atoms with Crippen molar-refractivity contribution in [3.63, 3.8) is 0 Å². The number of alkyl halides is 2. The van der Waals surface area contributed by atoms with Gasteiger partial charge in [0.2, 0.25) is 5.91 Å². The zero-order valence-corrected chi connectivity index (χ0v) is 10.9. The number of nitrogens with zero attached hydrogens (tertiary/aromatic N) is 2. The largest absolute Gasteiger partial charge is 0.368 e. The molecule has 1 unspecified atom stereocenters. The van der Waals surface area contributed by atoms with Crippen LogP contribution in [0.15, 0.2) is 18.3 Å². The average molecular weight is 305 g/mol. The second-order valence-electron chi connectivity index (χ2n) is 4.40. The van der Waals surface area contributed by atoms with Crippen LogP contribution in [0.25, 0.3) is 0 Å². The van der Waals surface area contributed by atoms with Gasteiger partial charge in [-0.15, -0.1) is 0 Å². The molecule has 3 N–H and O–H groups in total. The summed E-state index contributed by atoms with van der Waals surface area (Å²) in [4.78, 5) is 27.5. The molecular formula is C11H11ClF2N4O2. The van der Waals surface area contributed by atoms with Crippen molar-refractivity contribution < 1.29 is 18.4 Å². The Labute approximate surface area is 117 Å². The molecule has 1 aliphatic rings. The van der Waals surface area contributed by atoms with Gasteiger partial charge in [-0.25, -0.2) is 18.6 Å². The van der Waals surface area contributed by atoms with Crippen LogP contribution in [0.5, 0.6) is 0 Å². The number of urea groups is 1. The molecule has 0 spiro atoms. The highest BCUT2D eigenvalue weighted by molar-refractivity contribution is 6.30. The predicted octanol–water partition coefficient (Wildman–Crippen LogP) is 1.46. The third-order valence-corrected chi connectivity index (χ3v) is 3.05. The molecule has 0 radical (unpaired) electrons. The van der Waals surface area contributed by atoms with Crippen molar-refractivity contribution in [1.82, 2.24) is 9.88 Å². The van der Waals surface area contributed by atoms with Crippen LogP contribution in [-0.4, -0.2) is 40.3 Å². The van der Waals surface area contributed by atoms with E-state index in [1.807, 2.05) is 0 Å². The Balaban J connectivity index is 2.11. The number of carbonyl (C=O) groups is 2. The lowest BCUT2D eigenvalue weighted by atomic mass is 10.2. The van der Waals surface area contributed by atoms with Gasteiger partial charge in [0.25, 0.3) is 5.92 Å². The Morgan fingerprint density at radius 1 is 1.50 bits per heavy atom. The van der Waals surface area contributed by atoms with E-state index in [2.05, 4.69) is 10.3 Å². The second-order valence-corrected chi connectivity index (χ2v) is 4.83. The van der Waals surface area contributed by atoms with Crippen LogP contribution in [0.3, 0.4) is 0 Å². The molecular weight excluding hydrogens is 294 g/mol. The Hall–Kier alpha value is -1.96. The summed E-state index contributed by atoms with van der Waals surface area (Å²) < 4.78 is 26.6. The molecule has 0 saturated carbocycles. The zero-order chi connectivity index (χ0) is 14.9. The minimum Gasteiger partial charge on any atom is -0.368 e. The number of amides is 3. The maximum atomic E-state index is 13.3. The van der Waals surface area contributed by atoms with E-state index in [4.69, 9.17) is 17.3 Å². The Bertz CT molecular complexity index is 538. The number of primary amides is 1. The summed E-state index contributed by atoms with van der Waals surface area (Å²) in [5.41, 5.74) is 5.03. The monoisotopic (exact) mass is 304 g/mol. The SMILES string of the molecule is NC(=O)C1CC(F)(F)CN1C(=O)Nc1ccc(Cl)cn1. The number of hydrogen-bond acceptors (Lipinski definition) is 3. The molecule has 0 aliphatic carbocycles. The summed E-state index contributed by atoms with van der Waals surface area (Å²) in [7, 11) is 0. The highest BCUT2D eigenvalue weighted by Crippen LogP contribution is 2.32. The van der Waals surface area contributed by atoms with E-state index >= 15 is 0 Å². The van der Waals surface area contributed by atoms with Crippen molar-refractivity contribution in [2.24, 2.45) is 5.73 Å². The number of nitrogens with one attached hydrogen (secondary N) is 1. The van der Waals surface area contributed by atoms with E-state index in [0.29, 0.717) is 9.92 Å². The molecule has 1 aromatic heterocycles. The molecule has 1 aromatic rings. The molecule has 9 heteroatoms. The van der Waals surface area contributed by atoms with Gasteiger partial charge in [-0.05, 0) is 12.1 Å². The fraction of sp³-hybridized carbons (Fsp3) is 0.364. The van der Waals surface area contributed by atoms with Crippen LogP contribution >= 0.6 is 11.6 Å². The zero-order valence-electron chi connectivity index (χ0n) is 10.1. The highest BCUT2D eigenvalue weighted by atomic mass is 35.5.